The van der Waals surface area contributed by atoms with Crippen molar-refractivity contribution in [1.82, 2.24) is 35.1 Å². The number of carbonyl (C=O) groups is 1. The number of nitrogens with zero attached hydrogens (tertiary/aromatic N) is 5. The lowest BCUT2D eigenvalue weighted by atomic mass is 10.1. The molecule has 0 aliphatic rings. The number of imidazole rings is 1. The number of aromatic nitrogens is 7. The van der Waals surface area contributed by atoms with Gasteiger partial charge in [0.05, 0.1) is 34.5 Å². The van der Waals surface area contributed by atoms with E-state index >= 15 is 4.39 Å². The molecule has 194 valence electrons. The number of hydrogen-bond acceptors (Lipinski definition) is 6. The first-order valence-corrected chi connectivity index (χ1v) is 12.4. The number of halogens is 2. The van der Waals surface area contributed by atoms with Crippen LogP contribution < -0.4 is 5.32 Å². The van der Waals surface area contributed by atoms with E-state index in [0.29, 0.717) is 45.5 Å². The number of fused-ring (bicyclic) bond motifs is 2. The van der Waals surface area contributed by atoms with Crippen molar-refractivity contribution in [2.75, 3.05) is 5.32 Å². The largest absolute Gasteiger partial charge is 0.335 e. The van der Waals surface area contributed by atoms with Gasteiger partial charge < -0.3 is 10.3 Å². The van der Waals surface area contributed by atoms with Crippen LogP contribution in [0.2, 0.25) is 0 Å². The SMILES string of the molecule is CCCCC(=O)Nc1cncc(-c2ncc3[nH]nc(-c4nc5nccc(-c6ccccc6F)c5[nH]4)c3c2F)c1. The molecular weight excluding hydrogens is 502 g/mol. The molecule has 0 aliphatic heterocycles. The van der Waals surface area contributed by atoms with Gasteiger partial charge in [-0.2, -0.15) is 5.10 Å². The first kappa shape index (κ1) is 24.3. The Bertz CT molecular complexity index is 1840. The van der Waals surface area contributed by atoms with Gasteiger partial charge in [-0.05, 0) is 24.6 Å². The standard InChI is InChI=1S/C28H22F2N8O/c1-2-3-8-21(39)34-16-11-15(12-31-13-16)24-23(30)22-20(14-33-24)37-38-26(22)28-35-25-18(9-10-32-27(25)36-28)17-6-4-5-7-19(17)29/h4-7,9-14H,2-3,8H2,1H3,(H,34,39)(H,37,38)(H,32,35,36). The summed E-state index contributed by atoms with van der Waals surface area (Å²) in [4.78, 5) is 32.6. The predicted molar refractivity (Wildman–Crippen MR) is 144 cm³/mol. The molecule has 0 saturated carbocycles. The maximum Gasteiger partial charge on any atom is 0.224 e. The van der Waals surface area contributed by atoms with E-state index in [0.717, 1.165) is 12.8 Å². The van der Waals surface area contributed by atoms with Gasteiger partial charge in [0.2, 0.25) is 5.91 Å². The highest BCUT2D eigenvalue weighted by atomic mass is 19.1. The number of benzene rings is 1. The van der Waals surface area contributed by atoms with Crippen molar-refractivity contribution in [1.29, 1.82) is 0 Å². The Kier molecular flexibility index (Phi) is 6.23. The summed E-state index contributed by atoms with van der Waals surface area (Å²) in [6.07, 6.45) is 8.06. The average molecular weight is 525 g/mol. The number of anilines is 1. The Morgan fingerprint density at radius 1 is 1.03 bits per heavy atom. The van der Waals surface area contributed by atoms with Crippen molar-refractivity contribution < 1.29 is 13.6 Å². The third-order valence-corrected chi connectivity index (χ3v) is 6.38. The average Bonchev–Trinajstić information content (AvgIpc) is 3.57. The van der Waals surface area contributed by atoms with Gasteiger partial charge in [-0.25, -0.2) is 18.7 Å². The normalized spacial score (nSPS) is 11.4. The van der Waals surface area contributed by atoms with Crippen molar-refractivity contribution in [2.24, 2.45) is 0 Å². The van der Waals surface area contributed by atoms with Gasteiger partial charge in [0.15, 0.2) is 17.3 Å². The van der Waals surface area contributed by atoms with Gasteiger partial charge in [0.1, 0.15) is 17.2 Å². The molecule has 6 aromatic rings. The van der Waals surface area contributed by atoms with Gasteiger partial charge in [-0.1, -0.05) is 31.5 Å². The molecule has 0 aliphatic carbocycles. The van der Waals surface area contributed by atoms with Crippen LogP contribution in [0.15, 0.2) is 61.2 Å². The van der Waals surface area contributed by atoms with Crippen LogP contribution in [0.4, 0.5) is 14.5 Å². The van der Waals surface area contributed by atoms with E-state index in [4.69, 9.17) is 0 Å². The molecule has 0 spiro atoms. The molecule has 0 atom stereocenters. The Hall–Kier alpha value is -5.06. The number of amides is 1. The zero-order chi connectivity index (χ0) is 26.9. The summed E-state index contributed by atoms with van der Waals surface area (Å²) in [5.41, 5.74) is 3.28. The maximum absolute atomic E-state index is 16.0. The molecule has 5 heterocycles. The van der Waals surface area contributed by atoms with Crippen LogP contribution in [0.1, 0.15) is 26.2 Å². The van der Waals surface area contributed by atoms with Crippen molar-refractivity contribution in [3.05, 3.63) is 72.8 Å². The van der Waals surface area contributed by atoms with Crippen LogP contribution >= 0.6 is 0 Å². The second kappa shape index (κ2) is 10.0. The zero-order valence-electron chi connectivity index (χ0n) is 20.8. The molecule has 11 heteroatoms. The fourth-order valence-corrected chi connectivity index (χ4v) is 4.47. The number of aromatic amines is 2. The van der Waals surface area contributed by atoms with Gasteiger partial charge in [0, 0.05) is 35.5 Å². The fraction of sp³-hybridized carbons (Fsp3) is 0.143. The quantitative estimate of drug-likeness (QED) is 0.234. The molecule has 0 bridgehead atoms. The van der Waals surface area contributed by atoms with E-state index in [1.165, 1.54) is 24.7 Å². The van der Waals surface area contributed by atoms with Crippen LogP contribution in [0.3, 0.4) is 0 Å². The summed E-state index contributed by atoms with van der Waals surface area (Å²) in [5, 5.41) is 10.1. The number of H-pyrrole nitrogens is 2. The summed E-state index contributed by atoms with van der Waals surface area (Å²) >= 11 is 0. The van der Waals surface area contributed by atoms with Crippen molar-refractivity contribution in [3.8, 4) is 33.9 Å². The van der Waals surface area contributed by atoms with Crippen molar-refractivity contribution in [3.63, 3.8) is 0 Å². The molecule has 0 unspecified atom stereocenters. The molecule has 0 saturated heterocycles. The first-order chi connectivity index (χ1) is 19.0. The smallest absolute Gasteiger partial charge is 0.224 e. The van der Waals surface area contributed by atoms with Crippen molar-refractivity contribution in [2.45, 2.75) is 26.2 Å². The number of hydrogen-bond donors (Lipinski definition) is 3. The molecule has 39 heavy (non-hydrogen) atoms. The van der Waals surface area contributed by atoms with Crippen molar-refractivity contribution >= 4 is 33.7 Å². The molecular formula is C28H22F2N8O. The van der Waals surface area contributed by atoms with Crippen LogP contribution in [0.25, 0.3) is 56.0 Å². The van der Waals surface area contributed by atoms with Crippen LogP contribution in [-0.2, 0) is 4.79 Å². The van der Waals surface area contributed by atoms with Crippen LogP contribution in [-0.4, -0.2) is 41.0 Å². The Morgan fingerprint density at radius 2 is 1.90 bits per heavy atom. The van der Waals surface area contributed by atoms with Gasteiger partial charge in [-0.15, -0.1) is 0 Å². The lowest BCUT2D eigenvalue weighted by molar-refractivity contribution is -0.116. The monoisotopic (exact) mass is 524 g/mol. The fourth-order valence-electron chi connectivity index (χ4n) is 4.47. The van der Waals surface area contributed by atoms with E-state index in [9.17, 15) is 9.18 Å². The van der Waals surface area contributed by atoms with Gasteiger partial charge >= 0.3 is 0 Å². The first-order valence-electron chi connectivity index (χ1n) is 12.4. The summed E-state index contributed by atoms with van der Waals surface area (Å²) in [7, 11) is 0. The van der Waals surface area contributed by atoms with E-state index in [-0.39, 0.29) is 34.3 Å². The molecule has 0 radical (unpaired) electrons. The number of rotatable bonds is 7. The summed E-state index contributed by atoms with van der Waals surface area (Å²) in [6, 6.07) is 9.72. The van der Waals surface area contributed by atoms with E-state index < -0.39 is 5.82 Å². The highest BCUT2D eigenvalue weighted by Crippen LogP contribution is 2.34. The molecule has 3 N–H and O–H groups in total. The van der Waals surface area contributed by atoms with Gasteiger partial charge in [-0.3, -0.25) is 19.9 Å². The minimum Gasteiger partial charge on any atom is -0.335 e. The zero-order valence-corrected chi connectivity index (χ0v) is 20.8. The number of carbonyl (C=O) groups excluding carboxylic acids is 1. The highest BCUT2D eigenvalue weighted by Gasteiger charge is 2.22. The summed E-state index contributed by atoms with van der Waals surface area (Å²) in [5.74, 6) is -0.885. The summed E-state index contributed by atoms with van der Waals surface area (Å²) in [6.45, 7) is 2.01. The Morgan fingerprint density at radius 3 is 2.74 bits per heavy atom. The Balaban J connectivity index is 1.42. The highest BCUT2D eigenvalue weighted by molar-refractivity contribution is 5.97. The maximum atomic E-state index is 16.0. The number of unbranched alkanes of at least 4 members (excludes halogenated alkanes) is 1. The lowest BCUT2D eigenvalue weighted by Gasteiger charge is -2.08. The molecule has 0 fully saturated rings. The number of nitrogens with one attached hydrogen (secondary N) is 3. The van der Waals surface area contributed by atoms with E-state index in [2.05, 4.69) is 40.4 Å². The molecule has 9 nitrogen and oxygen atoms in total. The summed E-state index contributed by atoms with van der Waals surface area (Å²) < 4.78 is 30.5. The minimum atomic E-state index is -0.629. The second-order valence-electron chi connectivity index (χ2n) is 9.02. The van der Waals surface area contributed by atoms with Crippen LogP contribution in [0.5, 0.6) is 0 Å². The molecule has 1 aromatic carbocycles. The Labute approximate surface area is 220 Å². The minimum absolute atomic E-state index is 0.0450. The third kappa shape index (κ3) is 4.48. The molecule has 6 rings (SSSR count). The lowest BCUT2D eigenvalue weighted by Crippen LogP contribution is -2.11. The molecule has 5 aromatic heterocycles. The third-order valence-electron chi connectivity index (χ3n) is 6.38. The predicted octanol–water partition coefficient (Wildman–Crippen LogP) is 6.03. The molecule has 1 amide bonds. The van der Waals surface area contributed by atoms with E-state index in [1.807, 2.05) is 6.92 Å². The topological polar surface area (TPSA) is 125 Å². The van der Waals surface area contributed by atoms with Gasteiger partial charge in [0.25, 0.3) is 0 Å². The van der Waals surface area contributed by atoms with E-state index in [1.54, 1.807) is 36.5 Å². The van der Waals surface area contributed by atoms with Crippen LogP contribution in [0, 0.1) is 11.6 Å². The second-order valence-corrected chi connectivity index (χ2v) is 9.02. The number of pyridine rings is 3.